The van der Waals surface area contributed by atoms with E-state index < -0.39 is 0 Å². The number of aromatic amines is 1. The van der Waals surface area contributed by atoms with Crippen LogP contribution >= 0.6 is 0 Å². The van der Waals surface area contributed by atoms with Gasteiger partial charge in [0.25, 0.3) is 0 Å². The van der Waals surface area contributed by atoms with Crippen LogP contribution in [0.4, 0.5) is 10.1 Å². The van der Waals surface area contributed by atoms with Crippen LogP contribution in [-0.4, -0.2) is 19.7 Å². The molecule has 2 aromatic heterocycles. The number of hydrogen-bond donors (Lipinski definition) is 2. The summed E-state index contributed by atoms with van der Waals surface area (Å²) in [6.07, 6.45) is 0. The van der Waals surface area contributed by atoms with Crippen molar-refractivity contribution in [1.29, 1.82) is 0 Å². The monoisotopic (exact) mass is 438 g/mol. The first kappa shape index (κ1) is 19.5. The number of fused-ring (bicyclic) bond motifs is 2. The van der Waals surface area contributed by atoms with E-state index in [0.29, 0.717) is 17.2 Å². The molecule has 0 saturated carbocycles. The number of halogens is 1. The van der Waals surface area contributed by atoms with E-state index in [0.717, 1.165) is 40.8 Å². The van der Waals surface area contributed by atoms with Gasteiger partial charge in [0.2, 0.25) is 0 Å². The number of nitroso groups, excluding NO2 is 1. The van der Waals surface area contributed by atoms with Crippen LogP contribution < -0.4 is 5.32 Å². The van der Waals surface area contributed by atoms with Gasteiger partial charge in [-0.05, 0) is 51.7 Å². The number of imidazole rings is 1. The maximum atomic E-state index is 13.2. The standard InChI is InChI=1S/C25H19FN6O/c1-32-24(25-28-20-10-17-12-27-13-18(17)11-21(20)29-25)23(31-33)22(30-32)16-4-2-14(3-5-16)15-6-8-19(26)9-7-15/h2-11,27H,12-13H2,1H3,(H,28,29). The number of aromatic nitrogens is 4. The molecule has 0 bridgehead atoms. The zero-order valence-corrected chi connectivity index (χ0v) is 17.8. The van der Waals surface area contributed by atoms with E-state index in [1.165, 1.54) is 23.3 Å². The fourth-order valence-corrected chi connectivity index (χ4v) is 4.44. The minimum atomic E-state index is -0.273. The summed E-state index contributed by atoms with van der Waals surface area (Å²) < 4.78 is 14.9. The van der Waals surface area contributed by atoms with Gasteiger partial charge in [-0.1, -0.05) is 36.4 Å². The third kappa shape index (κ3) is 3.23. The van der Waals surface area contributed by atoms with E-state index >= 15 is 0 Å². The lowest BCUT2D eigenvalue weighted by molar-refractivity contribution is 0.628. The predicted molar refractivity (Wildman–Crippen MR) is 125 cm³/mol. The number of nitrogens with one attached hydrogen (secondary N) is 2. The quantitative estimate of drug-likeness (QED) is 0.366. The SMILES string of the molecule is Cn1nc(-c2ccc(-c3ccc(F)cc3)cc2)c(N=O)c1-c1nc2cc3c(cc2[nH]1)CNC3. The van der Waals surface area contributed by atoms with Crippen LogP contribution in [0.25, 0.3) is 44.9 Å². The average Bonchev–Trinajstić information content (AvgIpc) is 3.53. The molecule has 33 heavy (non-hydrogen) atoms. The summed E-state index contributed by atoms with van der Waals surface area (Å²) in [6, 6.07) is 18.1. The van der Waals surface area contributed by atoms with Gasteiger partial charge in [-0.3, -0.25) is 4.68 Å². The van der Waals surface area contributed by atoms with Crippen molar-refractivity contribution in [2.24, 2.45) is 12.2 Å². The zero-order chi connectivity index (χ0) is 22.5. The Morgan fingerprint density at radius 2 is 1.58 bits per heavy atom. The van der Waals surface area contributed by atoms with E-state index in [9.17, 15) is 9.30 Å². The minimum Gasteiger partial charge on any atom is -0.337 e. The second-order valence-electron chi connectivity index (χ2n) is 8.17. The van der Waals surface area contributed by atoms with Crippen molar-refractivity contribution in [2.75, 3.05) is 0 Å². The Morgan fingerprint density at radius 1 is 0.939 bits per heavy atom. The van der Waals surface area contributed by atoms with Crippen molar-refractivity contribution in [3.05, 3.63) is 82.5 Å². The average molecular weight is 438 g/mol. The summed E-state index contributed by atoms with van der Waals surface area (Å²) in [6.45, 7) is 1.67. The van der Waals surface area contributed by atoms with Gasteiger partial charge in [0.1, 0.15) is 17.2 Å². The van der Waals surface area contributed by atoms with Crippen LogP contribution in [0.5, 0.6) is 0 Å². The Bertz CT molecular complexity index is 1470. The zero-order valence-electron chi connectivity index (χ0n) is 17.8. The van der Waals surface area contributed by atoms with Crippen molar-refractivity contribution < 1.29 is 4.39 Å². The maximum absolute atomic E-state index is 13.2. The third-order valence-electron chi connectivity index (χ3n) is 6.11. The van der Waals surface area contributed by atoms with Crippen LogP contribution in [-0.2, 0) is 20.1 Å². The van der Waals surface area contributed by atoms with Gasteiger partial charge in [0.05, 0.1) is 11.0 Å². The molecule has 5 aromatic rings. The molecule has 0 radical (unpaired) electrons. The highest BCUT2D eigenvalue weighted by molar-refractivity contribution is 5.87. The molecule has 0 amide bonds. The molecule has 0 saturated heterocycles. The molecular formula is C25H19FN6O. The Labute approximate surface area is 188 Å². The number of H-pyrrole nitrogens is 1. The van der Waals surface area contributed by atoms with Crippen molar-refractivity contribution in [1.82, 2.24) is 25.1 Å². The van der Waals surface area contributed by atoms with E-state index in [-0.39, 0.29) is 11.5 Å². The number of aryl methyl sites for hydroxylation is 1. The Kier molecular flexibility index (Phi) is 4.41. The predicted octanol–water partition coefficient (Wildman–Crippen LogP) is 5.44. The first-order chi connectivity index (χ1) is 16.1. The summed E-state index contributed by atoms with van der Waals surface area (Å²) >= 11 is 0. The summed E-state index contributed by atoms with van der Waals surface area (Å²) in [5.41, 5.74) is 8.11. The number of nitrogens with zero attached hydrogens (tertiary/aromatic N) is 4. The fourth-order valence-electron chi connectivity index (χ4n) is 4.44. The van der Waals surface area contributed by atoms with E-state index in [1.54, 1.807) is 23.9 Å². The first-order valence-corrected chi connectivity index (χ1v) is 10.6. The lowest BCUT2D eigenvalue weighted by Crippen LogP contribution is -1.99. The van der Waals surface area contributed by atoms with Crippen LogP contribution in [0.3, 0.4) is 0 Å². The summed E-state index contributed by atoms with van der Waals surface area (Å²) in [7, 11) is 1.78. The van der Waals surface area contributed by atoms with Gasteiger partial charge in [0.15, 0.2) is 11.5 Å². The molecule has 0 unspecified atom stereocenters. The molecule has 6 rings (SSSR count). The largest absolute Gasteiger partial charge is 0.337 e. The molecule has 3 heterocycles. The second-order valence-corrected chi connectivity index (χ2v) is 8.17. The maximum Gasteiger partial charge on any atom is 0.165 e. The molecule has 1 aliphatic heterocycles. The Balaban J connectivity index is 1.41. The van der Waals surface area contributed by atoms with Crippen LogP contribution in [0.15, 0.2) is 65.8 Å². The van der Waals surface area contributed by atoms with Crippen molar-refractivity contribution in [3.8, 4) is 33.9 Å². The van der Waals surface area contributed by atoms with Crippen LogP contribution in [0, 0.1) is 10.7 Å². The normalized spacial score (nSPS) is 12.9. The molecule has 0 spiro atoms. The fraction of sp³-hybridized carbons (Fsp3) is 0.120. The Morgan fingerprint density at radius 3 is 2.27 bits per heavy atom. The van der Waals surface area contributed by atoms with Crippen molar-refractivity contribution >= 4 is 16.7 Å². The second kappa shape index (κ2) is 7.46. The first-order valence-electron chi connectivity index (χ1n) is 10.6. The number of hydrogen-bond acceptors (Lipinski definition) is 5. The van der Waals surface area contributed by atoms with Gasteiger partial charge >= 0.3 is 0 Å². The lowest BCUT2D eigenvalue weighted by Gasteiger charge is -2.03. The topological polar surface area (TPSA) is 88.0 Å². The molecule has 0 atom stereocenters. The highest BCUT2D eigenvalue weighted by Crippen LogP contribution is 2.39. The molecular weight excluding hydrogens is 419 g/mol. The molecule has 0 aliphatic carbocycles. The molecule has 1 aliphatic rings. The van der Waals surface area contributed by atoms with Gasteiger partial charge in [0, 0.05) is 25.7 Å². The van der Waals surface area contributed by atoms with E-state index in [2.05, 4.69) is 32.7 Å². The van der Waals surface area contributed by atoms with Crippen LogP contribution in [0.1, 0.15) is 11.1 Å². The molecule has 162 valence electrons. The number of benzene rings is 3. The lowest BCUT2D eigenvalue weighted by atomic mass is 10.0. The summed E-state index contributed by atoms with van der Waals surface area (Å²) in [5, 5.41) is 11.2. The minimum absolute atomic E-state index is 0.236. The van der Waals surface area contributed by atoms with E-state index in [1.807, 2.05) is 24.3 Å². The smallest absolute Gasteiger partial charge is 0.165 e. The molecule has 0 fully saturated rings. The molecule has 8 heteroatoms. The Hall–Kier alpha value is -4.17. The molecule has 3 aromatic carbocycles. The van der Waals surface area contributed by atoms with Gasteiger partial charge < -0.3 is 10.3 Å². The van der Waals surface area contributed by atoms with Crippen molar-refractivity contribution in [3.63, 3.8) is 0 Å². The highest BCUT2D eigenvalue weighted by Gasteiger charge is 2.23. The van der Waals surface area contributed by atoms with Gasteiger partial charge in [-0.2, -0.15) is 5.10 Å². The molecule has 2 N–H and O–H groups in total. The third-order valence-corrected chi connectivity index (χ3v) is 6.11. The highest BCUT2D eigenvalue weighted by atomic mass is 19.1. The van der Waals surface area contributed by atoms with Crippen LogP contribution in [0.2, 0.25) is 0 Å². The van der Waals surface area contributed by atoms with Crippen molar-refractivity contribution in [2.45, 2.75) is 13.1 Å². The number of rotatable bonds is 4. The van der Waals surface area contributed by atoms with E-state index in [4.69, 9.17) is 4.98 Å². The summed E-state index contributed by atoms with van der Waals surface area (Å²) in [4.78, 5) is 20.0. The van der Waals surface area contributed by atoms with Gasteiger partial charge in [-0.15, -0.1) is 4.91 Å². The summed E-state index contributed by atoms with van der Waals surface area (Å²) in [5.74, 6) is 0.283. The van der Waals surface area contributed by atoms with Gasteiger partial charge in [-0.25, -0.2) is 9.37 Å². The molecule has 7 nitrogen and oxygen atoms in total.